The van der Waals surface area contributed by atoms with E-state index in [0.717, 1.165) is 28.2 Å². The van der Waals surface area contributed by atoms with Gasteiger partial charge in [-0.05, 0) is 35.6 Å². The van der Waals surface area contributed by atoms with E-state index in [2.05, 4.69) is 10.3 Å². The first-order valence-electron chi connectivity index (χ1n) is 9.61. The molecule has 31 heavy (non-hydrogen) atoms. The summed E-state index contributed by atoms with van der Waals surface area (Å²) in [5.41, 5.74) is 1.97. The predicted molar refractivity (Wildman–Crippen MR) is 129 cm³/mol. The van der Waals surface area contributed by atoms with Crippen LogP contribution in [0.1, 0.15) is 5.56 Å². The fourth-order valence-electron chi connectivity index (χ4n) is 3.11. The summed E-state index contributed by atoms with van der Waals surface area (Å²) < 4.78 is 6.68. The predicted octanol–water partition coefficient (Wildman–Crippen LogP) is 4.18. The number of benzene rings is 1. The van der Waals surface area contributed by atoms with Crippen LogP contribution in [-0.4, -0.2) is 34.9 Å². The van der Waals surface area contributed by atoms with E-state index in [0.29, 0.717) is 21.9 Å². The normalized spacial score (nSPS) is 11.0. The van der Waals surface area contributed by atoms with Crippen molar-refractivity contribution in [2.75, 3.05) is 19.4 Å². The van der Waals surface area contributed by atoms with Crippen LogP contribution >= 0.6 is 34.4 Å². The number of thioether (sulfide) groups is 1. The van der Waals surface area contributed by atoms with Crippen molar-refractivity contribution in [1.29, 1.82) is 0 Å². The van der Waals surface area contributed by atoms with Crippen LogP contribution in [0, 0.1) is 0 Å². The third-order valence-electron chi connectivity index (χ3n) is 4.79. The summed E-state index contributed by atoms with van der Waals surface area (Å²) in [4.78, 5) is 31.6. The number of nitrogens with one attached hydrogen (secondary N) is 1. The van der Waals surface area contributed by atoms with Crippen LogP contribution in [0.2, 0.25) is 0 Å². The minimum absolute atomic E-state index is 0.0849. The van der Waals surface area contributed by atoms with Crippen molar-refractivity contribution in [3.8, 4) is 16.2 Å². The maximum absolute atomic E-state index is 13.0. The number of thiophene rings is 2. The SMILES string of the molecule is COc1ccc(CCNC(=O)CSc2nc3scc(-c4cccs4)c3c(=O)n2C)cc1. The van der Waals surface area contributed by atoms with Crippen LogP contribution in [0.3, 0.4) is 0 Å². The van der Waals surface area contributed by atoms with Gasteiger partial charge in [0.2, 0.25) is 5.91 Å². The highest BCUT2D eigenvalue weighted by Gasteiger charge is 2.17. The average molecular weight is 472 g/mol. The highest BCUT2D eigenvalue weighted by Crippen LogP contribution is 2.34. The zero-order valence-corrected chi connectivity index (χ0v) is 19.5. The van der Waals surface area contributed by atoms with E-state index in [9.17, 15) is 9.59 Å². The minimum atomic E-state index is -0.0861. The zero-order valence-electron chi connectivity index (χ0n) is 17.1. The fraction of sp³-hybridized carbons (Fsp3) is 0.227. The Morgan fingerprint density at radius 1 is 1.23 bits per heavy atom. The molecule has 0 saturated heterocycles. The largest absolute Gasteiger partial charge is 0.497 e. The molecule has 0 aliphatic rings. The van der Waals surface area contributed by atoms with E-state index in [-0.39, 0.29) is 17.2 Å². The van der Waals surface area contributed by atoms with E-state index >= 15 is 0 Å². The summed E-state index contributed by atoms with van der Waals surface area (Å²) in [5, 5.41) is 8.08. The number of hydrogen-bond acceptors (Lipinski definition) is 7. The Morgan fingerprint density at radius 2 is 2.03 bits per heavy atom. The first-order chi connectivity index (χ1) is 15.1. The molecule has 0 atom stereocenters. The second-order valence-electron chi connectivity index (χ2n) is 6.80. The smallest absolute Gasteiger partial charge is 0.263 e. The lowest BCUT2D eigenvalue weighted by molar-refractivity contribution is -0.118. The topological polar surface area (TPSA) is 73.2 Å². The Labute approximate surface area is 191 Å². The van der Waals surface area contributed by atoms with Crippen molar-refractivity contribution in [2.24, 2.45) is 7.05 Å². The molecule has 160 valence electrons. The van der Waals surface area contributed by atoms with Gasteiger partial charge in [0.25, 0.3) is 5.56 Å². The fourth-order valence-corrected chi connectivity index (χ4v) is 5.72. The maximum atomic E-state index is 13.0. The molecule has 1 N–H and O–H groups in total. The average Bonchev–Trinajstić information content (AvgIpc) is 3.45. The molecule has 0 aliphatic heterocycles. The van der Waals surface area contributed by atoms with Crippen LogP contribution < -0.4 is 15.6 Å². The van der Waals surface area contributed by atoms with Crippen molar-refractivity contribution in [2.45, 2.75) is 11.6 Å². The molecule has 1 amide bonds. The van der Waals surface area contributed by atoms with Gasteiger partial charge in [-0.2, -0.15) is 0 Å². The van der Waals surface area contributed by atoms with Crippen molar-refractivity contribution in [1.82, 2.24) is 14.9 Å². The summed E-state index contributed by atoms with van der Waals surface area (Å²) in [6.07, 6.45) is 0.740. The van der Waals surface area contributed by atoms with Crippen molar-refractivity contribution < 1.29 is 9.53 Å². The quantitative estimate of drug-likeness (QED) is 0.308. The summed E-state index contributed by atoms with van der Waals surface area (Å²) >= 11 is 4.33. The number of aromatic nitrogens is 2. The van der Waals surface area contributed by atoms with Gasteiger partial charge in [-0.15, -0.1) is 22.7 Å². The van der Waals surface area contributed by atoms with E-state index in [1.165, 1.54) is 27.7 Å². The maximum Gasteiger partial charge on any atom is 0.263 e. The van der Waals surface area contributed by atoms with Gasteiger partial charge in [0.1, 0.15) is 10.6 Å². The molecular weight excluding hydrogens is 450 g/mol. The molecule has 0 bridgehead atoms. The Kier molecular flexibility index (Phi) is 6.74. The van der Waals surface area contributed by atoms with Crippen LogP contribution in [0.25, 0.3) is 20.7 Å². The summed E-state index contributed by atoms with van der Waals surface area (Å²) in [5.74, 6) is 0.934. The molecule has 0 fully saturated rings. The summed E-state index contributed by atoms with van der Waals surface area (Å²) in [6, 6.07) is 11.8. The lowest BCUT2D eigenvalue weighted by atomic mass is 10.1. The van der Waals surface area contributed by atoms with Crippen molar-refractivity contribution >= 4 is 50.6 Å². The number of hydrogen-bond donors (Lipinski definition) is 1. The highest BCUT2D eigenvalue weighted by molar-refractivity contribution is 7.99. The third kappa shape index (κ3) is 4.84. The molecule has 0 saturated carbocycles. The van der Waals surface area contributed by atoms with Gasteiger partial charge in [-0.3, -0.25) is 14.2 Å². The number of fused-ring (bicyclic) bond motifs is 1. The molecule has 3 aromatic heterocycles. The molecule has 0 spiro atoms. The number of rotatable bonds is 8. The van der Waals surface area contributed by atoms with Crippen molar-refractivity contribution in [3.05, 3.63) is 63.1 Å². The standard InChI is InChI=1S/C22H21N3O3S3/c1-25-21(27)19-16(17-4-3-11-29-17)12-30-20(19)24-22(25)31-13-18(26)23-10-9-14-5-7-15(28-2)8-6-14/h3-8,11-12H,9-10,13H2,1-2H3,(H,23,26). The number of carbonyl (C=O) groups excluding carboxylic acids is 1. The van der Waals surface area contributed by atoms with Gasteiger partial charge in [0.15, 0.2) is 5.16 Å². The second-order valence-corrected chi connectivity index (χ2v) is 9.55. The van der Waals surface area contributed by atoms with E-state index in [4.69, 9.17) is 4.74 Å². The van der Waals surface area contributed by atoms with Crippen LogP contribution in [0.5, 0.6) is 5.75 Å². The molecule has 4 aromatic rings. The highest BCUT2D eigenvalue weighted by atomic mass is 32.2. The van der Waals surface area contributed by atoms with Gasteiger partial charge in [0.05, 0.1) is 18.2 Å². The Morgan fingerprint density at radius 3 is 2.74 bits per heavy atom. The molecule has 0 aliphatic carbocycles. The molecule has 6 nitrogen and oxygen atoms in total. The number of amides is 1. The Balaban J connectivity index is 1.37. The van der Waals surface area contributed by atoms with Crippen LogP contribution in [0.4, 0.5) is 0 Å². The second kappa shape index (κ2) is 9.67. The monoisotopic (exact) mass is 471 g/mol. The zero-order chi connectivity index (χ0) is 21.8. The summed E-state index contributed by atoms with van der Waals surface area (Å²) in [6.45, 7) is 0.548. The minimum Gasteiger partial charge on any atom is -0.497 e. The molecule has 0 unspecified atom stereocenters. The lowest BCUT2D eigenvalue weighted by Gasteiger charge is -2.08. The first kappa shape index (κ1) is 21.6. The van der Waals surface area contributed by atoms with Gasteiger partial charge in [-0.25, -0.2) is 4.98 Å². The number of methoxy groups -OCH3 is 1. The molecule has 4 rings (SSSR count). The van der Waals surface area contributed by atoms with Crippen LogP contribution in [-0.2, 0) is 18.3 Å². The number of carbonyl (C=O) groups is 1. The molecular formula is C22H21N3O3S3. The van der Waals surface area contributed by atoms with E-state index in [1.807, 2.05) is 47.2 Å². The summed E-state index contributed by atoms with van der Waals surface area (Å²) in [7, 11) is 3.34. The van der Waals surface area contributed by atoms with Gasteiger partial charge >= 0.3 is 0 Å². The van der Waals surface area contributed by atoms with Gasteiger partial charge in [0, 0.05) is 29.4 Å². The van der Waals surface area contributed by atoms with Crippen LogP contribution in [0.15, 0.2) is 57.1 Å². The van der Waals surface area contributed by atoms with E-state index in [1.54, 1.807) is 25.5 Å². The molecule has 9 heteroatoms. The Bertz CT molecular complexity index is 1240. The Hall–Kier alpha value is -2.62. The molecule has 1 aromatic carbocycles. The number of ether oxygens (including phenoxy) is 1. The third-order valence-corrected chi connectivity index (χ3v) is 7.59. The first-order valence-corrected chi connectivity index (χ1v) is 12.4. The number of nitrogens with zero attached hydrogens (tertiary/aromatic N) is 2. The molecule has 0 radical (unpaired) electrons. The van der Waals surface area contributed by atoms with Gasteiger partial charge < -0.3 is 10.1 Å². The molecule has 3 heterocycles. The lowest BCUT2D eigenvalue weighted by Crippen LogP contribution is -2.28. The van der Waals surface area contributed by atoms with Crippen molar-refractivity contribution in [3.63, 3.8) is 0 Å². The van der Waals surface area contributed by atoms with Gasteiger partial charge in [-0.1, -0.05) is 30.0 Å². The van der Waals surface area contributed by atoms with E-state index < -0.39 is 0 Å².